The molecule has 1 aliphatic heterocycles. The molecule has 1 aliphatic rings. The Morgan fingerprint density at radius 1 is 0.923 bits per heavy atom. The third-order valence-electron chi connectivity index (χ3n) is 4.65. The third kappa shape index (κ3) is 3.83. The van der Waals surface area contributed by atoms with Crippen LogP contribution in [0.2, 0.25) is 0 Å². The van der Waals surface area contributed by atoms with Crippen molar-refractivity contribution in [3.8, 4) is 0 Å². The summed E-state index contributed by atoms with van der Waals surface area (Å²) < 4.78 is 41.3. The first-order chi connectivity index (χ1) is 12.5. The molecule has 1 N–H and O–H groups in total. The predicted octanol–water partition coefficient (Wildman–Crippen LogP) is 3.25. The molecule has 0 aromatic heterocycles. The van der Waals surface area contributed by atoms with Gasteiger partial charge in [-0.25, -0.2) is 13.2 Å². The summed E-state index contributed by atoms with van der Waals surface area (Å²) >= 11 is 0. The maximum absolute atomic E-state index is 13.9. The van der Waals surface area contributed by atoms with Crippen LogP contribution in [0.1, 0.15) is 6.92 Å². The van der Waals surface area contributed by atoms with E-state index in [4.69, 9.17) is 0 Å². The zero-order valence-electron chi connectivity index (χ0n) is 14.4. The van der Waals surface area contributed by atoms with Crippen LogP contribution in [0, 0.1) is 17.5 Å². The van der Waals surface area contributed by atoms with Gasteiger partial charge in [-0.1, -0.05) is 18.2 Å². The van der Waals surface area contributed by atoms with Crippen molar-refractivity contribution in [3.05, 3.63) is 59.9 Å². The number of amides is 1. The summed E-state index contributed by atoms with van der Waals surface area (Å²) in [4.78, 5) is 16.2. The van der Waals surface area contributed by atoms with Gasteiger partial charge in [0.25, 0.3) is 0 Å². The number of hydrogen-bond acceptors (Lipinski definition) is 3. The number of para-hydroxylation sites is 2. The van der Waals surface area contributed by atoms with E-state index < -0.39 is 29.3 Å². The van der Waals surface area contributed by atoms with Crippen LogP contribution in [-0.2, 0) is 4.79 Å². The smallest absolute Gasteiger partial charge is 0.241 e. The van der Waals surface area contributed by atoms with E-state index in [2.05, 4.69) is 5.32 Å². The Labute approximate surface area is 150 Å². The average Bonchev–Trinajstić information content (AvgIpc) is 2.65. The number of benzene rings is 2. The molecule has 2 aromatic rings. The average molecular weight is 363 g/mol. The van der Waals surface area contributed by atoms with Crippen molar-refractivity contribution in [1.29, 1.82) is 0 Å². The van der Waals surface area contributed by atoms with Crippen LogP contribution in [0.3, 0.4) is 0 Å². The molecule has 1 saturated heterocycles. The van der Waals surface area contributed by atoms with Gasteiger partial charge in [0.05, 0.1) is 11.7 Å². The Hall–Kier alpha value is -2.54. The molecule has 0 spiro atoms. The second kappa shape index (κ2) is 7.78. The summed E-state index contributed by atoms with van der Waals surface area (Å²) in [6, 6.07) is 9.44. The lowest BCUT2D eigenvalue weighted by molar-refractivity contribution is -0.120. The first-order valence-electron chi connectivity index (χ1n) is 8.46. The quantitative estimate of drug-likeness (QED) is 0.906. The van der Waals surface area contributed by atoms with Crippen molar-refractivity contribution < 1.29 is 18.0 Å². The zero-order valence-corrected chi connectivity index (χ0v) is 14.4. The summed E-state index contributed by atoms with van der Waals surface area (Å²) in [6.07, 6.45) is 0. The summed E-state index contributed by atoms with van der Waals surface area (Å²) in [5, 5.41) is 2.32. The molecule has 0 saturated carbocycles. The fourth-order valence-electron chi connectivity index (χ4n) is 3.07. The molecule has 138 valence electrons. The highest BCUT2D eigenvalue weighted by molar-refractivity contribution is 5.94. The lowest BCUT2D eigenvalue weighted by atomic mass is 10.2. The number of nitrogens with one attached hydrogen (secondary N) is 1. The highest BCUT2D eigenvalue weighted by Gasteiger charge is 2.27. The van der Waals surface area contributed by atoms with Crippen molar-refractivity contribution in [3.63, 3.8) is 0 Å². The molecule has 3 rings (SSSR count). The van der Waals surface area contributed by atoms with Gasteiger partial charge in [-0.3, -0.25) is 9.69 Å². The van der Waals surface area contributed by atoms with E-state index in [1.54, 1.807) is 25.1 Å². The van der Waals surface area contributed by atoms with E-state index in [9.17, 15) is 18.0 Å². The van der Waals surface area contributed by atoms with Gasteiger partial charge < -0.3 is 10.2 Å². The van der Waals surface area contributed by atoms with Crippen LogP contribution < -0.4 is 10.2 Å². The van der Waals surface area contributed by atoms with Gasteiger partial charge in [-0.2, -0.15) is 0 Å². The van der Waals surface area contributed by atoms with Crippen LogP contribution in [0.4, 0.5) is 24.5 Å². The lowest BCUT2D eigenvalue weighted by Gasteiger charge is -2.38. The van der Waals surface area contributed by atoms with Gasteiger partial charge in [-0.05, 0) is 31.2 Å². The Morgan fingerprint density at radius 2 is 1.50 bits per heavy atom. The number of nitrogens with zero attached hydrogens (tertiary/aromatic N) is 2. The van der Waals surface area contributed by atoms with Crippen molar-refractivity contribution in [1.82, 2.24) is 4.90 Å². The first kappa shape index (κ1) is 18.3. The minimum Gasteiger partial charge on any atom is -0.367 e. The maximum Gasteiger partial charge on any atom is 0.241 e. The zero-order chi connectivity index (χ0) is 18.7. The van der Waals surface area contributed by atoms with E-state index >= 15 is 0 Å². The third-order valence-corrected chi connectivity index (χ3v) is 4.65. The number of hydrogen-bond donors (Lipinski definition) is 1. The number of halogens is 3. The topological polar surface area (TPSA) is 35.6 Å². The van der Waals surface area contributed by atoms with Gasteiger partial charge in [0.15, 0.2) is 0 Å². The molecule has 4 nitrogen and oxygen atoms in total. The van der Waals surface area contributed by atoms with Gasteiger partial charge in [0.1, 0.15) is 23.1 Å². The van der Waals surface area contributed by atoms with E-state index in [0.29, 0.717) is 31.9 Å². The first-order valence-corrected chi connectivity index (χ1v) is 8.46. The summed E-state index contributed by atoms with van der Waals surface area (Å²) in [5.74, 6) is -2.38. The molecule has 26 heavy (non-hydrogen) atoms. The van der Waals surface area contributed by atoms with E-state index in [1.807, 2.05) is 9.80 Å². The maximum atomic E-state index is 13.9. The van der Waals surface area contributed by atoms with Crippen LogP contribution >= 0.6 is 0 Å². The summed E-state index contributed by atoms with van der Waals surface area (Å²) in [6.45, 7) is 3.90. The molecule has 7 heteroatoms. The molecule has 2 aromatic carbocycles. The van der Waals surface area contributed by atoms with Gasteiger partial charge in [-0.15, -0.1) is 0 Å². The van der Waals surface area contributed by atoms with Crippen molar-refractivity contribution in [2.24, 2.45) is 0 Å². The van der Waals surface area contributed by atoms with Gasteiger partial charge in [0, 0.05) is 26.2 Å². The van der Waals surface area contributed by atoms with Crippen molar-refractivity contribution in [2.75, 3.05) is 36.4 Å². The number of carbonyl (C=O) groups excluding carboxylic acids is 1. The summed E-state index contributed by atoms with van der Waals surface area (Å²) in [7, 11) is 0. The number of piperazine rings is 1. The van der Waals surface area contributed by atoms with Gasteiger partial charge in [0.2, 0.25) is 5.91 Å². The van der Waals surface area contributed by atoms with E-state index in [-0.39, 0.29) is 5.82 Å². The molecule has 1 heterocycles. The molecular weight excluding hydrogens is 343 g/mol. The molecule has 1 fully saturated rings. The largest absolute Gasteiger partial charge is 0.367 e. The number of carbonyl (C=O) groups is 1. The fourth-order valence-corrected chi connectivity index (χ4v) is 3.07. The molecule has 0 unspecified atom stereocenters. The van der Waals surface area contributed by atoms with Crippen molar-refractivity contribution in [2.45, 2.75) is 13.0 Å². The second-order valence-corrected chi connectivity index (χ2v) is 6.24. The minimum absolute atomic E-state index is 0.276. The number of anilines is 2. The Bertz CT molecular complexity index is 771. The molecule has 0 aliphatic carbocycles. The molecule has 1 atom stereocenters. The number of rotatable bonds is 4. The summed E-state index contributed by atoms with van der Waals surface area (Å²) in [5.41, 5.74) is 0.104. The normalized spacial score (nSPS) is 16.4. The lowest BCUT2D eigenvalue weighted by Crippen LogP contribution is -2.53. The Balaban J connectivity index is 1.60. The van der Waals surface area contributed by atoms with Crippen LogP contribution in [-0.4, -0.2) is 43.0 Å². The monoisotopic (exact) mass is 363 g/mol. The minimum atomic E-state index is -0.810. The van der Waals surface area contributed by atoms with Crippen molar-refractivity contribution >= 4 is 17.3 Å². The molecule has 1 amide bonds. The van der Waals surface area contributed by atoms with Crippen LogP contribution in [0.5, 0.6) is 0 Å². The van der Waals surface area contributed by atoms with E-state index in [1.165, 1.54) is 12.1 Å². The predicted molar refractivity (Wildman–Crippen MR) is 94.6 cm³/mol. The standard InChI is InChI=1S/C19H20F3N3O/c1-13(19(26)23-18-15(21)6-4-7-16(18)22)24-9-11-25(12-10-24)17-8-3-2-5-14(17)20/h2-8,13H,9-12H2,1H3,(H,23,26)/t13-/m0/s1. The highest BCUT2D eigenvalue weighted by atomic mass is 19.1. The molecule has 0 bridgehead atoms. The van der Waals surface area contributed by atoms with Gasteiger partial charge >= 0.3 is 0 Å². The van der Waals surface area contributed by atoms with Crippen LogP contribution in [0.25, 0.3) is 0 Å². The highest BCUT2D eigenvalue weighted by Crippen LogP contribution is 2.22. The Morgan fingerprint density at radius 3 is 2.12 bits per heavy atom. The second-order valence-electron chi connectivity index (χ2n) is 6.24. The van der Waals surface area contributed by atoms with E-state index in [0.717, 1.165) is 12.1 Å². The molecular formula is C19H20F3N3O. The fraction of sp³-hybridized carbons (Fsp3) is 0.316. The SMILES string of the molecule is C[C@@H](C(=O)Nc1c(F)cccc1F)N1CCN(c2ccccc2F)CC1. The van der Waals surface area contributed by atoms with Crippen LogP contribution in [0.15, 0.2) is 42.5 Å². The molecule has 0 radical (unpaired) electrons. The Kier molecular flexibility index (Phi) is 5.46.